The molecule has 20 heavy (non-hydrogen) atoms. The minimum Gasteiger partial charge on any atom is -0.375 e. The van der Waals surface area contributed by atoms with Gasteiger partial charge in [0.15, 0.2) is 5.11 Å². The van der Waals surface area contributed by atoms with Crippen LogP contribution < -0.4 is 11.2 Å². The second-order valence-corrected chi connectivity index (χ2v) is 5.39. The quantitative estimate of drug-likeness (QED) is 0.688. The largest absolute Gasteiger partial charge is 0.438 e. The van der Waals surface area contributed by atoms with Gasteiger partial charge in [-0.05, 0) is 24.7 Å². The second-order valence-electron chi connectivity index (χ2n) is 4.97. The zero-order valence-corrected chi connectivity index (χ0v) is 11.4. The van der Waals surface area contributed by atoms with Crippen LogP contribution >= 0.6 is 12.2 Å². The van der Waals surface area contributed by atoms with Crippen LogP contribution in [0.3, 0.4) is 0 Å². The van der Waals surface area contributed by atoms with E-state index in [0.717, 1.165) is 0 Å². The maximum atomic E-state index is 13.2. The fourth-order valence-corrected chi connectivity index (χ4v) is 2.58. The molecule has 1 heterocycles. The molecule has 4 nitrogen and oxygen atoms in total. The molecule has 1 aromatic rings. The van der Waals surface area contributed by atoms with Crippen LogP contribution in [-0.4, -0.2) is 27.1 Å². The summed E-state index contributed by atoms with van der Waals surface area (Å²) in [7, 11) is 0. The Morgan fingerprint density at radius 3 is 2.35 bits per heavy atom. The van der Waals surface area contributed by atoms with Gasteiger partial charge in [0.1, 0.15) is 0 Å². The van der Waals surface area contributed by atoms with E-state index in [1.165, 1.54) is 0 Å². The number of halogens is 3. The number of benzene rings is 1. The lowest BCUT2D eigenvalue weighted by Crippen LogP contribution is -2.61. The highest BCUT2D eigenvalue weighted by Crippen LogP contribution is 2.46. The highest BCUT2D eigenvalue weighted by Gasteiger charge is 2.66. The minimum absolute atomic E-state index is 0.412. The van der Waals surface area contributed by atoms with E-state index >= 15 is 0 Å². The monoisotopic (exact) mass is 305 g/mol. The molecule has 8 heteroatoms. The Hall–Kier alpha value is -1.38. The van der Waals surface area contributed by atoms with Crippen molar-refractivity contribution in [1.29, 1.82) is 0 Å². The summed E-state index contributed by atoms with van der Waals surface area (Å²) >= 11 is 4.61. The maximum Gasteiger partial charge on any atom is 0.438 e. The van der Waals surface area contributed by atoms with Crippen LogP contribution in [0.15, 0.2) is 30.3 Å². The third-order valence-corrected chi connectivity index (χ3v) is 3.60. The average Bonchev–Trinajstić information content (AvgIpc) is 2.65. The molecule has 1 aliphatic rings. The van der Waals surface area contributed by atoms with E-state index in [-0.39, 0.29) is 0 Å². The number of nitrogens with zero attached hydrogens (tertiary/aromatic N) is 1. The molecule has 0 aromatic heterocycles. The van der Waals surface area contributed by atoms with Gasteiger partial charge in [-0.1, -0.05) is 30.3 Å². The zero-order chi connectivity index (χ0) is 15.2. The smallest absolute Gasteiger partial charge is 0.375 e. The van der Waals surface area contributed by atoms with Crippen LogP contribution in [0, 0.1) is 0 Å². The molecule has 2 atom stereocenters. The number of hydrogen-bond donors (Lipinski definition) is 3. The Bertz CT molecular complexity index is 524. The first-order valence-corrected chi connectivity index (χ1v) is 6.23. The summed E-state index contributed by atoms with van der Waals surface area (Å²) in [4.78, 5) is 0. The van der Waals surface area contributed by atoms with Crippen LogP contribution in [0.1, 0.15) is 18.9 Å². The molecule has 0 bridgehead atoms. The summed E-state index contributed by atoms with van der Waals surface area (Å²) < 4.78 is 39.5. The first-order chi connectivity index (χ1) is 9.10. The van der Waals surface area contributed by atoms with Crippen molar-refractivity contribution in [2.75, 3.05) is 0 Å². The molecule has 2 rings (SSSR count). The molecule has 1 fully saturated rings. The van der Waals surface area contributed by atoms with Crippen molar-refractivity contribution >= 4 is 17.3 Å². The summed E-state index contributed by atoms with van der Waals surface area (Å²) in [5.41, 5.74) is 4.21. The Morgan fingerprint density at radius 2 is 1.95 bits per heavy atom. The molecule has 1 aromatic carbocycles. The topological polar surface area (TPSA) is 61.5 Å². The van der Waals surface area contributed by atoms with Gasteiger partial charge in [0.2, 0.25) is 0 Å². The van der Waals surface area contributed by atoms with E-state index in [0.29, 0.717) is 10.6 Å². The molecule has 4 N–H and O–H groups in total. The highest BCUT2D eigenvalue weighted by atomic mass is 32.1. The van der Waals surface area contributed by atoms with Crippen LogP contribution in [-0.2, 0) is 5.54 Å². The van der Waals surface area contributed by atoms with Crippen LogP contribution in [0.2, 0.25) is 0 Å². The van der Waals surface area contributed by atoms with Gasteiger partial charge in [-0.2, -0.15) is 13.2 Å². The summed E-state index contributed by atoms with van der Waals surface area (Å²) in [6, 6.07) is 8.51. The first kappa shape index (κ1) is 15.0. The molecule has 0 amide bonds. The van der Waals surface area contributed by atoms with Gasteiger partial charge < -0.3 is 10.8 Å². The van der Waals surface area contributed by atoms with Gasteiger partial charge in [-0.25, -0.2) is 10.4 Å². The predicted molar refractivity (Wildman–Crippen MR) is 71.2 cm³/mol. The van der Waals surface area contributed by atoms with Crippen molar-refractivity contribution in [1.82, 2.24) is 10.4 Å². The van der Waals surface area contributed by atoms with Crippen LogP contribution in [0.5, 0.6) is 0 Å². The number of aliphatic hydroxyl groups is 1. The van der Waals surface area contributed by atoms with Gasteiger partial charge in [-0.3, -0.25) is 0 Å². The number of nitrogens with two attached hydrogens (primary N) is 1. The SMILES string of the molecule is C[C@]1(c2ccccc2)C[C@](O)(C(F)(F)F)N(C(N)=S)N1. The van der Waals surface area contributed by atoms with Gasteiger partial charge >= 0.3 is 6.18 Å². The predicted octanol–water partition coefficient (Wildman–Crippen LogP) is 1.61. The first-order valence-electron chi connectivity index (χ1n) is 5.82. The third-order valence-electron chi connectivity index (χ3n) is 3.41. The Morgan fingerprint density at radius 1 is 1.40 bits per heavy atom. The highest BCUT2D eigenvalue weighted by molar-refractivity contribution is 7.80. The van der Waals surface area contributed by atoms with Crippen LogP contribution in [0.4, 0.5) is 13.2 Å². The number of hydrogen-bond acceptors (Lipinski definition) is 3. The van der Waals surface area contributed by atoms with E-state index in [2.05, 4.69) is 17.6 Å². The van der Waals surface area contributed by atoms with E-state index in [9.17, 15) is 18.3 Å². The van der Waals surface area contributed by atoms with Gasteiger partial charge in [-0.15, -0.1) is 0 Å². The molecular formula is C12H14F3N3OS. The van der Waals surface area contributed by atoms with Crippen molar-refractivity contribution < 1.29 is 18.3 Å². The molecule has 110 valence electrons. The van der Waals surface area contributed by atoms with Crippen molar-refractivity contribution in [3.63, 3.8) is 0 Å². The lowest BCUT2D eigenvalue weighted by molar-refractivity contribution is -0.296. The molecule has 0 spiro atoms. The zero-order valence-electron chi connectivity index (χ0n) is 10.6. The maximum absolute atomic E-state index is 13.2. The minimum atomic E-state index is -4.89. The fourth-order valence-electron chi connectivity index (χ4n) is 2.39. The Balaban J connectivity index is 2.46. The molecule has 0 unspecified atom stereocenters. The molecule has 1 saturated heterocycles. The van der Waals surface area contributed by atoms with Crippen molar-refractivity contribution in [2.45, 2.75) is 30.8 Å². The van der Waals surface area contributed by atoms with E-state index in [1.54, 1.807) is 37.3 Å². The standard InChI is InChI=1S/C12H14F3N3OS/c1-10(8-5-3-2-4-6-8)7-11(19,12(13,14)15)18(17-10)9(16)20/h2-6,17,19H,7H2,1H3,(H2,16,20)/t10-,11+/m1/s1. The van der Waals surface area contributed by atoms with Crippen molar-refractivity contribution in [3.8, 4) is 0 Å². The van der Waals surface area contributed by atoms with E-state index in [4.69, 9.17) is 5.73 Å². The number of rotatable bonds is 1. The van der Waals surface area contributed by atoms with Crippen molar-refractivity contribution in [3.05, 3.63) is 35.9 Å². The molecular weight excluding hydrogens is 291 g/mol. The molecule has 1 aliphatic heterocycles. The third kappa shape index (κ3) is 2.23. The van der Waals surface area contributed by atoms with Crippen LogP contribution in [0.25, 0.3) is 0 Å². The normalized spacial score (nSPS) is 30.6. The molecule has 0 aliphatic carbocycles. The number of hydrazine groups is 1. The van der Waals surface area contributed by atoms with Gasteiger partial charge in [0.25, 0.3) is 5.72 Å². The summed E-state index contributed by atoms with van der Waals surface area (Å²) in [6.07, 6.45) is -5.51. The second kappa shape index (κ2) is 4.57. The number of thiocarbonyl (C=S) groups is 1. The van der Waals surface area contributed by atoms with Gasteiger partial charge in [0, 0.05) is 6.42 Å². The Kier molecular flexibility index (Phi) is 3.43. The lowest BCUT2D eigenvalue weighted by Gasteiger charge is -2.34. The van der Waals surface area contributed by atoms with Crippen molar-refractivity contribution in [2.24, 2.45) is 5.73 Å². The number of nitrogens with one attached hydrogen (secondary N) is 1. The molecule has 0 radical (unpaired) electrons. The number of alkyl halides is 3. The van der Waals surface area contributed by atoms with Gasteiger partial charge in [0.05, 0.1) is 5.54 Å². The van der Waals surface area contributed by atoms with E-state index in [1.807, 2.05) is 0 Å². The Labute approximate surface area is 119 Å². The molecule has 0 saturated carbocycles. The lowest BCUT2D eigenvalue weighted by atomic mass is 9.86. The van der Waals surface area contributed by atoms with E-state index < -0.39 is 29.0 Å². The summed E-state index contributed by atoms with van der Waals surface area (Å²) in [5, 5.41) is 9.87. The fraction of sp³-hybridized carbons (Fsp3) is 0.417. The summed E-state index contributed by atoms with van der Waals surface area (Å²) in [5.74, 6) is 0. The summed E-state index contributed by atoms with van der Waals surface area (Å²) in [6.45, 7) is 1.55. The average molecular weight is 305 g/mol.